The van der Waals surface area contributed by atoms with E-state index >= 15 is 0 Å². The lowest BCUT2D eigenvalue weighted by molar-refractivity contribution is 0.405. The number of halogens is 2. The van der Waals surface area contributed by atoms with Crippen molar-refractivity contribution in [1.82, 2.24) is 15.2 Å². The molecule has 0 radical (unpaired) electrons. The molecule has 0 spiro atoms. The van der Waals surface area contributed by atoms with E-state index in [0.717, 1.165) is 12.1 Å². The first kappa shape index (κ1) is 17.3. The fourth-order valence-corrected chi connectivity index (χ4v) is 2.18. The van der Waals surface area contributed by atoms with Crippen molar-refractivity contribution in [2.45, 2.75) is 0 Å². The predicted molar refractivity (Wildman–Crippen MR) is 92.3 cm³/mol. The average molecular weight is 359 g/mol. The van der Waals surface area contributed by atoms with Crippen molar-refractivity contribution in [1.29, 1.82) is 0 Å². The van der Waals surface area contributed by atoms with Crippen LogP contribution >= 0.6 is 0 Å². The number of hydrogen-bond donors (Lipinski definition) is 2. The Balaban J connectivity index is 1.84. The maximum atomic E-state index is 13.7. The summed E-state index contributed by atoms with van der Waals surface area (Å²) in [5.74, 6) is 0.151. The zero-order valence-electron chi connectivity index (χ0n) is 14.0. The zero-order valence-corrected chi connectivity index (χ0v) is 14.0. The first-order valence-electron chi connectivity index (χ1n) is 7.50. The van der Waals surface area contributed by atoms with Crippen LogP contribution in [-0.4, -0.2) is 29.4 Å². The number of hydrogen-bond acceptors (Lipinski definition) is 7. The smallest absolute Gasteiger partial charge is 0.249 e. The van der Waals surface area contributed by atoms with Crippen LogP contribution in [0.2, 0.25) is 0 Å². The molecule has 0 saturated carbocycles. The molecule has 7 nitrogen and oxygen atoms in total. The summed E-state index contributed by atoms with van der Waals surface area (Å²) in [6, 6.07) is 8.36. The van der Waals surface area contributed by atoms with Crippen LogP contribution in [0.3, 0.4) is 0 Å². The number of benzene rings is 2. The summed E-state index contributed by atoms with van der Waals surface area (Å²) in [7, 11) is 3.09. The van der Waals surface area contributed by atoms with E-state index in [1.54, 1.807) is 25.3 Å². The first-order chi connectivity index (χ1) is 12.6. The molecule has 2 aromatic carbocycles. The van der Waals surface area contributed by atoms with E-state index in [9.17, 15) is 8.78 Å². The Kier molecular flexibility index (Phi) is 5.07. The molecule has 0 amide bonds. The second-order valence-corrected chi connectivity index (χ2v) is 5.11. The third-order valence-electron chi connectivity index (χ3n) is 3.41. The molecule has 1 aromatic heterocycles. The van der Waals surface area contributed by atoms with Gasteiger partial charge in [-0.2, -0.15) is 10.1 Å². The van der Waals surface area contributed by atoms with E-state index in [4.69, 9.17) is 9.47 Å². The SMILES string of the molecule is COc1ccc(OC)c(Nc2cnnc(Nc3ccc(F)cc3F)n2)c1. The number of rotatable bonds is 6. The van der Waals surface area contributed by atoms with E-state index in [-0.39, 0.29) is 11.6 Å². The Bertz CT molecular complexity index is 923. The summed E-state index contributed by atoms with van der Waals surface area (Å²) in [5.41, 5.74) is 0.635. The summed E-state index contributed by atoms with van der Waals surface area (Å²) < 4.78 is 37.2. The molecule has 2 N–H and O–H groups in total. The highest BCUT2D eigenvalue weighted by Crippen LogP contribution is 2.31. The Morgan fingerprint density at radius 1 is 0.923 bits per heavy atom. The summed E-state index contributed by atoms with van der Waals surface area (Å²) in [6.07, 6.45) is 1.39. The van der Waals surface area contributed by atoms with Crippen molar-refractivity contribution >= 4 is 23.1 Å². The zero-order chi connectivity index (χ0) is 18.5. The van der Waals surface area contributed by atoms with E-state index in [0.29, 0.717) is 23.0 Å². The third-order valence-corrected chi connectivity index (χ3v) is 3.41. The van der Waals surface area contributed by atoms with Crippen molar-refractivity contribution in [2.75, 3.05) is 24.9 Å². The van der Waals surface area contributed by atoms with Gasteiger partial charge in [-0.3, -0.25) is 0 Å². The van der Waals surface area contributed by atoms with Gasteiger partial charge in [0.2, 0.25) is 5.95 Å². The highest BCUT2D eigenvalue weighted by Gasteiger charge is 2.09. The largest absolute Gasteiger partial charge is 0.497 e. The molecule has 0 bridgehead atoms. The number of nitrogens with one attached hydrogen (secondary N) is 2. The van der Waals surface area contributed by atoms with Gasteiger partial charge in [0.1, 0.15) is 23.1 Å². The molecule has 0 saturated heterocycles. The minimum Gasteiger partial charge on any atom is -0.497 e. The number of methoxy groups -OCH3 is 2. The average Bonchev–Trinajstić information content (AvgIpc) is 2.64. The summed E-state index contributed by atoms with van der Waals surface area (Å²) in [5, 5.41) is 13.3. The van der Waals surface area contributed by atoms with Crippen molar-refractivity contribution in [2.24, 2.45) is 0 Å². The minimum absolute atomic E-state index is 0.0318. The molecule has 0 atom stereocenters. The van der Waals surface area contributed by atoms with Gasteiger partial charge in [-0.15, -0.1) is 5.10 Å². The third kappa shape index (κ3) is 3.94. The monoisotopic (exact) mass is 359 g/mol. The van der Waals surface area contributed by atoms with Crippen molar-refractivity contribution in [3.8, 4) is 11.5 Å². The van der Waals surface area contributed by atoms with Gasteiger partial charge in [0.25, 0.3) is 0 Å². The van der Waals surface area contributed by atoms with Crippen molar-refractivity contribution in [3.63, 3.8) is 0 Å². The Morgan fingerprint density at radius 3 is 2.50 bits per heavy atom. The molecular formula is C17H15F2N5O2. The molecule has 134 valence electrons. The van der Waals surface area contributed by atoms with Gasteiger partial charge >= 0.3 is 0 Å². The lowest BCUT2D eigenvalue weighted by Crippen LogP contribution is -2.04. The Morgan fingerprint density at radius 2 is 1.77 bits per heavy atom. The number of nitrogens with zero attached hydrogens (tertiary/aromatic N) is 3. The van der Waals surface area contributed by atoms with Crippen LogP contribution in [0.1, 0.15) is 0 Å². The molecule has 0 aliphatic rings. The molecule has 0 aliphatic heterocycles. The molecule has 3 aromatic rings. The molecule has 26 heavy (non-hydrogen) atoms. The molecule has 0 fully saturated rings. The first-order valence-corrected chi connectivity index (χ1v) is 7.50. The van der Waals surface area contributed by atoms with Gasteiger partial charge in [0.15, 0.2) is 5.82 Å². The molecule has 1 heterocycles. The fraction of sp³-hybridized carbons (Fsp3) is 0.118. The van der Waals surface area contributed by atoms with Gasteiger partial charge in [0, 0.05) is 12.1 Å². The maximum absolute atomic E-state index is 13.7. The second-order valence-electron chi connectivity index (χ2n) is 5.11. The number of aromatic nitrogens is 3. The minimum atomic E-state index is -0.763. The summed E-state index contributed by atoms with van der Waals surface area (Å²) >= 11 is 0. The van der Waals surface area contributed by atoms with E-state index in [1.807, 2.05) is 0 Å². The highest BCUT2D eigenvalue weighted by atomic mass is 19.1. The lowest BCUT2D eigenvalue weighted by Gasteiger charge is -2.12. The Hall–Kier alpha value is -3.49. The van der Waals surface area contributed by atoms with Crippen molar-refractivity contribution < 1.29 is 18.3 Å². The van der Waals surface area contributed by atoms with Gasteiger partial charge in [0.05, 0.1) is 31.8 Å². The van der Waals surface area contributed by atoms with Crippen LogP contribution in [0.4, 0.5) is 31.9 Å². The number of anilines is 4. The van der Waals surface area contributed by atoms with Gasteiger partial charge < -0.3 is 20.1 Å². The van der Waals surface area contributed by atoms with Crippen LogP contribution in [0.25, 0.3) is 0 Å². The van der Waals surface area contributed by atoms with Crippen LogP contribution in [-0.2, 0) is 0 Å². The molecular weight excluding hydrogens is 344 g/mol. The molecule has 3 rings (SSSR count). The fourth-order valence-electron chi connectivity index (χ4n) is 2.18. The Labute approximate surface area is 148 Å². The number of ether oxygens (including phenoxy) is 2. The topological polar surface area (TPSA) is 81.2 Å². The molecule has 0 unspecified atom stereocenters. The second kappa shape index (κ2) is 7.60. The molecule has 9 heteroatoms. The van der Waals surface area contributed by atoms with Gasteiger partial charge in [-0.1, -0.05) is 0 Å². The normalized spacial score (nSPS) is 10.3. The van der Waals surface area contributed by atoms with Crippen molar-refractivity contribution in [3.05, 3.63) is 54.2 Å². The van der Waals surface area contributed by atoms with E-state index in [2.05, 4.69) is 25.8 Å². The highest BCUT2D eigenvalue weighted by molar-refractivity contribution is 5.66. The van der Waals surface area contributed by atoms with E-state index < -0.39 is 11.6 Å². The van der Waals surface area contributed by atoms with Gasteiger partial charge in [-0.05, 0) is 24.3 Å². The summed E-state index contributed by atoms with van der Waals surface area (Å²) in [6.45, 7) is 0. The molecule has 0 aliphatic carbocycles. The van der Waals surface area contributed by atoms with E-state index in [1.165, 1.54) is 19.4 Å². The standard InChI is InChI=1S/C17H15F2N5O2/c1-25-11-4-6-15(26-2)14(8-11)21-16-9-20-24-17(23-16)22-13-5-3-10(18)7-12(13)19/h3-9H,1-2H3,(H2,21,22,23,24). The predicted octanol–water partition coefficient (Wildman–Crippen LogP) is 3.65. The summed E-state index contributed by atoms with van der Waals surface area (Å²) in [4.78, 5) is 4.21. The van der Waals surface area contributed by atoms with Crippen LogP contribution in [0.15, 0.2) is 42.6 Å². The maximum Gasteiger partial charge on any atom is 0.249 e. The quantitative estimate of drug-likeness (QED) is 0.695. The van der Waals surface area contributed by atoms with Gasteiger partial charge in [-0.25, -0.2) is 8.78 Å². The lowest BCUT2D eigenvalue weighted by atomic mass is 10.2. The van der Waals surface area contributed by atoms with Crippen LogP contribution < -0.4 is 20.1 Å². The van der Waals surface area contributed by atoms with Crippen LogP contribution in [0.5, 0.6) is 11.5 Å². The van der Waals surface area contributed by atoms with Crippen LogP contribution in [0, 0.1) is 11.6 Å².